The molecular formula is C22H30O6. The van der Waals surface area contributed by atoms with E-state index in [-0.39, 0.29) is 0 Å². The molecule has 2 aromatic rings. The first-order valence-electron chi connectivity index (χ1n) is 9.15. The van der Waals surface area contributed by atoms with E-state index < -0.39 is 23.6 Å². The maximum atomic E-state index is 10.2. The van der Waals surface area contributed by atoms with Gasteiger partial charge >= 0.3 is 11.9 Å². The zero-order chi connectivity index (χ0) is 21.6. The summed E-state index contributed by atoms with van der Waals surface area (Å²) in [4.78, 5) is 20.4. The van der Waals surface area contributed by atoms with Crippen molar-refractivity contribution in [3.8, 4) is 0 Å². The van der Waals surface area contributed by atoms with E-state index in [0.29, 0.717) is 24.0 Å². The molecule has 0 aliphatic carbocycles. The number of rotatable bonds is 6. The molecule has 0 saturated heterocycles. The van der Waals surface area contributed by atoms with Crippen LogP contribution in [-0.4, -0.2) is 44.1 Å². The van der Waals surface area contributed by atoms with Gasteiger partial charge in [0.1, 0.15) is 0 Å². The molecule has 0 amide bonds. The molecule has 6 heteroatoms. The Hall–Kier alpha value is -2.70. The zero-order valence-corrected chi connectivity index (χ0v) is 16.6. The van der Waals surface area contributed by atoms with Crippen LogP contribution < -0.4 is 0 Å². The lowest BCUT2D eigenvalue weighted by molar-refractivity contribution is -0.0742. The highest BCUT2D eigenvalue weighted by atomic mass is 16.4. The van der Waals surface area contributed by atoms with Crippen LogP contribution in [-0.2, 0) is 0 Å². The number of carbonyl (C=O) groups is 2. The third-order valence-corrected chi connectivity index (χ3v) is 4.11. The predicted molar refractivity (Wildman–Crippen MR) is 109 cm³/mol. The Morgan fingerprint density at radius 1 is 0.857 bits per heavy atom. The second-order valence-electron chi connectivity index (χ2n) is 6.23. The van der Waals surface area contributed by atoms with Gasteiger partial charge in [-0.3, -0.25) is 0 Å². The summed E-state index contributed by atoms with van der Waals surface area (Å²) in [5.74, 6) is -1.76. The van der Waals surface area contributed by atoms with Gasteiger partial charge in [-0.15, -0.1) is 0 Å². The van der Waals surface area contributed by atoms with Crippen LogP contribution >= 0.6 is 0 Å². The molecule has 0 saturated carbocycles. The Balaban J connectivity index is 0.000000391. The number of hydrogen-bond acceptors (Lipinski definition) is 4. The average molecular weight is 390 g/mol. The number of benzene rings is 2. The molecule has 28 heavy (non-hydrogen) atoms. The minimum atomic E-state index is -0.879. The highest BCUT2D eigenvalue weighted by molar-refractivity contribution is 5.87. The Kier molecular flexibility index (Phi) is 12.2. The first kappa shape index (κ1) is 25.3. The lowest BCUT2D eigenvalue weighted by atomic mass is 9.90. The van der Waals surface area contributed by atoms with Crippen molar-refractivity contribution in [3.05, 3.63) is 71.8 Å². The third kappa shape index (κ3) is 9.85. The molecule has 0 fully saturated rings. The number of carboxylic acid groups (broad SMARTS) is 2. The number of aromatic carboxylic acids is 2. The van der Waals surface area contributed by atoms with E-state index in [9.17, 15) is 14.7 Å². The van der Waals surface area contributed by atoms with E-state index in [1.807, 2.05) is 13.8 Å². The van der Waals surface area contributed by atoms with Gasteiger partial charge in [-0.2, -0.15) is 0 Å². The van der Waals surface area contributed by atoms with Crippen LogP contribution in [0.15, 0.2) is 60.7 Å². The summed E-state index contributed by atoms with van der Waals surface area (Å²) < 4.78 is 0. The SMILES string of the molecule is CCCC(O)(CC)C(C)O.O=C(O)c1ccccc1.O=C(O)c1ccccc1. The van der Waals surface area contributed by atoms with Crippen molar-refractivity contribution >= 4 is 11.9 Å². The van der Waals surface area contributed by atoms with Gasteiger partial charge in [-0.1, -0.05) is 56.7 Å². The lowest BCUT2D eigenvalue weighted by Crippen LogP contribution is -2.39. The molecule has 6 nitrogen and oxygen atoms in total. The summed E-state index contributed by atoms with van der Waals surface area (Å²) in [6.07, 6.45) is 1.60. The van der Waals surface area contributed by atoms with Gasteiger partial charge in [0.25, 0.3) is 0 Å². The van der Waals surface area contributed by atoms with Gasteiger partial charge in [0.2, 0.25) is 0 Å². The van der Waals surface area contributed by atoms with E-state index in [0.717, 1.165) is 6.42 Å². The number of hydrogen-bond donors (Lipinski definition) is 4. The van der Waals surface area contributed by atoms with Crippen LogP contribution in [0.5, 0.6) is 0 Å². The Morgan fingerprint density at radius 3 is 1.36 bits per heavy atom. The smallest absolute Gasteiger partial charge is 0.335 e. The molecule has 0 aromatic heterocycles. The summed E-state index contributed by atoms with van der Waals surface area (Å²) in [5.41, 5.74) is -0.190. The normalized spacial score (nSPS) is 12.9. The third-order valence-electron chi connectivity index (χ3n) is 4.11. The second-order valence-corrected chi connectivity index (χ2v) is 6.23. The monoisotopic (exact) mass is 390 g/mol. The molecule has 0 spiro atoms. The number of aliphatic hydroxyl groups is 2. The zero-order valence-electron chi connectivity index (χ0n) is 16.6. The maximum absolute atomic E-state index is 10.2. The van der Waals surface area contributed by atoms with Gasteiger partial charge in [-0.05, 0) is 44.0 Å². The van der Waals surface area contributed by atoms with E-state index in [1.54, 1.807) is 67.6 Å². The van der Waals surface area contributed by atoms with Crippen LogP contribution in [0.2, 0.25) is 0 Å². The minimum Gasteiger partial charge on any atom is -0.478 e. The molecular weight excluding hydrogens is 360 g/mol. The molecule has 2 atom stereocenters. The summed E-state index contributed by atoms with van der Waals surface area (Å²) >= 11 is 0. The fourth-order valence-corrected chi connectivity index (χ4v) is 2.28. The van der Waals surface area contributed by atoms with E-state index in [2.05, 4.69) is 0 Å². The number of aliphatic hydroxyl groups excluding tert-OH is 1. The molecule has 2 aromatic carbocycles. The molecule has 154 valence electrons. The van der Waals surface area contributed by atoms with Crippen molar-refractivity contribution in [2.45, 2.75) is 51.7 Å². The topological polar surface area (TPSA) is 115 Å². The Labute approximate surface area is 166 Å². The van der Waals surface area contributed by atoms with Crippen LogP contribution in [0.1, 0.15) is 60.7 Å². The van der Waals surface area contributed by atoms with Gasteiger partial charge in [0, 0.05) is 0 Å². The van der Waals surface area contributed by atoms with Crippen molar-refractivity contribution in [1.82, 2.24) is 0 Å². The van der Waals surface area contributed by atoms with Crippen LogP contribution in [0.4, 0.5) is 0 Å². The van der Waals surface area contributed by atoms with Crippen molar-refractivity contribution in [2.75, 3.05) is 0 Å². The Morgan fingerprint density at radius 2 is 1.21 bits per heavy atom. The molecule has 4 N–H and O–H groups in total. The molecule has 0 bridgehead atoms. The molecule has 0 radical (unpaired) electrons. The standard InChI is InChI=1S/C8H18O2.2C7H6O2/c1-4-6-8(10,5-2)7(3)9;2*8-7(9)6-4-2-1-3-5-6/h7,9-10H,4-6H2,1-3H3;2*1-5H,(H,8,9). The maximum Gasteiger partial charge on any atom is 0.335 e. The van der Waals surface area contributed by atoms with E-state index in [1.165, 1.54) is 0 Å². The van der Waals surface area contributed by atoms with Crippen LogP contribution in [0.25, 0.3) is 0 Å². The second kappa shape index (κ2) is 13.5. The van der Waals surface area contributed by atoms with E-state index in [4.69, 9.17) is 15.3 Å². The largest absolute Gasteiger partial charge is 0.478 e. The highest BCUT2D eigenvalue weighted by Crippen LogP contribution is 2.20. The molecule has 2 unspecified atom stereocenters. The van der Waals surface area contributed by atoms with Crippen molar-refractivity contribution in [2.24, 2.45) is 0 Å². The molecule has 2 rings (SSSR count). The summed E-state index contributed by atoms with van der Waals surface area (Å²) in [7, 11) is 0. The van der Waals surface area contributed by atoms with Gasteiger partial charge in [0.05, 0.1) is 22.8 Å². The van der Waals surface area contributed by atoms with Crippen LogP contribution in [0, 0.1) is 0 Å². The van der Waals surface area contributed by atoms with Gasteiger partial charge in [-0.25, -0.2) is 9.59 Å². The fourth-order valence-electron chi connectivity index (χ4n) is 2.28. The highest BCUT2D eigenvalue weighted by Gasteiger charge is 2.28. The molecule has 0 heterocycles. The lowest BCUT2D eigenvalue weighted by Gasteiger charge is -2.29. The quantitative estimate of drug-likeness (QED) is 0.591. The summed E-state index contributed by atoms with van der Waals surface area (Å²) in [5, 5.41) is 35.6. The Bertz CT molecular complexity index is 635. The number of carboxylic acids is 2. The first-order valence-corrected chi connectivity index (χ1v) is 9.15. The average Bonchev–Trinajstić information content (AvgIpc) is 2.70. The predicted octanol–water partition coefficient (Wildman–Crippen LogP) is 4.08. The first-order chi connectivity index (χ1) is 13.2. The fraction of sp³-hybridized carbons (Fsp3) is 0.364. The van der Waals surface area contributed by atoms with Gasteiger partial charge < -0.3 is 20.4 Å². The van der Waals surface area contributed by atoms with Gasteiger partial charge in [0.15, 0.2) is 0 Å². The van der Waals surface area contributed by atoms with E-state index >= 15 is 0 Å². The van der Waals surface area contributed by atoms with Crippen molar-refractivity contribution in [3.63, 3.8) is 0 Å². The molecule has 0 aliphatic rings. The van der Waals surface area contributed by atoms with Crippen LogP contribution in [0.3, 0.4) is 0 Å². The summed E-state index contributed by atoms with van der Waals surface area (Å²) in [6.45, 7) is 5.53. The van der Waals surface area contributed by atoms with Crippen molar-refractivity contribution in [1.29, 1.82) is 0 Å². The minimum absolute atomic E-state index is 0.331. The summed E-state index contributed by atoms with van der Waals surface area (Å²) in [6, 6.07) is 16.6. The van der Waals surface area contributed by atoms with Crippen molar-refractivity contribution < 1.29 is 30.0 Å². The molecule has 0 aliphatic heterocycles.